The number of aromatic nitrogens is 1. The summed E-state index contributed by atoms with van der Waals surface area (Å²) < 4.78 is 26.9. The topological polar surface area (TPSA) is 132 Å². The molecule has 0 bridgehead atoms. The van der Waals surface area contributed by atoms with Crippen LogP contribution in [0.15, 0.2) is 108 Å². The number of carbonyl (C=O) groups is 1. The highest BCUT2D eigenvalue weighted by molar-refractivity contribution is 6.03. The Morgan fingerprint density at radius 2 is 1.77 bits per heavy atom. The molecule has 6 atom stereocenters. The minimum atomic E-state index is -1.42. The first-order valence-corrected chi connectivity index (χ1v) is 22.0. The summed E-state index contributed by atoms with van der Waals surface area (Å²) in [7, 11) is 0. The molecule has 0 radical (unpaired) electrons. The van der Waals surface area contributed by atoms with E-state index in [1.54, 1.807) is 11.0 Å². The number of hydrogen-bond acceptors (Lipinski definition) is 10. The fourth-order valence-corrected chi connectivity index (χ4v) is 9.84. The minimum Gasteiger partial charge on any atom is -0.487 e. The van der Waals surface area contributed by atoms with E-state index in [9.17, 15) is 15.0 Å². The highest BCUT2D eigenvalue weighted by Crippen LogP contribution is 2.62. The number of amides is 1. The number of aliphatic hydroxyl groups excluding tert-OH is 2. The monoisotopic (exact) mass is 831 g/mol. The van der Waals surface area contributed by atoms with Crippen molar-refractivity contribution in [2.75, 3.05) is 33.0 Å². The number of rotatable bonds is 20. The zero-order valence-corrected chi connectivity index (χ0v) is 35.8. The summed E-state index contributed by atoms with van der Waals surface area (Å²) in [5.41, 5.74) is 5.40. The van der Waals surface area contributed by atoms with Crippen LogP contribution in [0.4, 0.5) is 4.79 Å². The number of benzene rings is 3. The van der Waals surface area contributed by atoms with E-state index in [4.69, 9.17) is 28.9 Å². The Kier molecular flexibility index (Phi) is 14.8. The molecule has 3 aromatic carbocycles. The van der Waals surface area contributed by atoms with E-state index in [1.165, 1.54) is 0 Å². The van der Waals surface area contributed by atoms with Gasteiger partial charge >= 0.3 is 6.09 Å². The standard InChI is InChI=1S/C50H61N3O8/c1-5-28-59-50-46(53(49(56)57-6-2)32-37-20-15-19-35-17-8-9-22-40(35)37)31-44(52-60-7-3)42-29-36(18-10-12-26-54)41(23-11-13-27-55)47(48(42)50)43-30-39(24-25-45(43)61-50)58-33-38-21-14-16-34(4)51-38/h5,8-9,14-17,19-22,24-25,29-30,36,41,46-48,54-55H,1,6-7,10-13,18,23,26-28,31-33H2,2-4H3. The van der Waals surface area contributed by atoms with Gasteiger partial charge in [-0.3, -0.25) is 9.88 Å². The van der Waals surface area contributed by atoms with E-state index in [2.05, 4.69) is 48.0 Å². The number of unbranched alkanes of at least 4 members (excludes halogenated alkanes) is 2. The Morgan fingerprint density at radius 1 is 0.984 bits per heavy atom. The van der Waals surface area contributed by atoms with Gasteiger partial charge in [-0.25, -0.2) is 4.79 Å². The Balaban J connectivity index is 1.44. The second-order valence-electron chi connectivity index (χ2n) is 16.2. The van der Waals surface area contributed by atoms with Crippen molar-refractivity contribution in [3.8, 4) is 11.5 Å². The lowest BCUT2D eigenvalue weighted by molar-refractivity contribution is -0.256. The van der Waals surface area contributed by atoms with Crippen molar-refractivity contribution in [3.05, 3.63) is 126 Å². The second-order valence-corrected chi connectivity index (χ2v) is 16.2. The Morgan fingerprint density at radius 3 is 2.54 bits per heavy atom. The van der Waals surface area contributed by atoms with Gasteiger partial charge in [-0.1, -0.05) is 78.7 Å². The first kappa shape index (κ1) is 43.8. The van der Waals surface area contributed by atoms with Gasteiger partial charge in [-0.2, -0.15) is 0 Å². The fraction of sp³-hybridized carbons (Fsp3) is 0.460. The maximum atomic E-state index is 14.6. The molecule has 324 valence electrons. The number of oxime groups is 1. The van der Waals surface area contributed by atoms with Crippen molar-refractivity contribution in [1.29, 1.82) is 0 Å². The van der Waals surface area contributed by atoms with Crippen molar-refractivity contribution in [3.63, 3.8) is 0 Å². The van der Waals surface area contributed by atoms with Gasteiger partial charge in [-0.05, 0) is 111 Å². The molecule has 0 spiro atoms. The summed E-state index contributed by atoms with van der Waals surface area (Å²) in [5, 5.41) is 26.8. The van der Waals surface area contributed by atoms with Crippen LogP contribution in [0, 0.1) is 24.7 Å². The van der Waals surface area contributed by atoms with Crippen LogP contribution in [-0.2, 0) is 27.5 Å². The van der Waals surface area contributed by atoms with Crippen LogP contribution >= 0.6 is 0 Å². The molecule has 0 saturated heterocycles. The van der Waals surface area contributed by atoms with Crippen molar-refractivity contribution in [2.24, 2.45) is 22.9 Å². The quantitative estimate of drug-likeness (QED) is 0.0508. The van der Waals surface area contributed by atoms with Gasteiger partial charge in [0.25, 0.3) is 0 Å². The number of hydrogen-bond donors (Lipinski definition) is 2. The van der Waals surface area contributed by atoms with E-state index in [1.807, 2.05) is 69.3 Å². The van der Waals surface area contributed by atoms with Crippen LogP contribution in [0.1, 0.15) is 87.2 Å². The van der Waals surface area contributed by atoms with Crippen LogP contribution in [0.5, 0.6) is 11.5 Å². The third-order valence-corrected chi connectivity index (χ3v) is 12.4. The van der Waals surface area contributed by atoms with Crippen LogP contribution < -0.4 is 9.47 Å². The smallest absolute Gasteiger partial charge is 0.410 e. The third-order valence-electron chi connectivity index (χ3n) is 12.4. The summed E-state index contributed by atoms with van der Waals surface area (Å²) in [4.78, 5) is 26.9. The molecule has 1 aromatic heterocycles. The largest absolute Gasteiger partial charge is 0.487 e. The lowest BCUT2D eigenvalue weighted by Gasteiger charge is -2.59. The molecule has 11 nitrogen and oxygen atoms in total. The summed E-state index contributed by atoms with van der Waals surface area (Å²) in [6.45, 7) is 11.2. The predicted molar refractivity (Wildman–Crippen MR) is 236 cm³/mol. The molecule has 1 amide bonds. The fourth-order valence-electron chi connectivity index (χ4n) is 9.84. The molecule has 6 unspecified atom stereocenters. The predicted octanol–water partition coefficient (Wildman–Crippen LogP) is 9.43. The maximum absolute atomic E-state index is 14.6. The molecule has 11 heteroatoms. The molecular formula is C50H61N3O8. The van der Waals surface area contributed by atoms with Crippen LogP contribution in [-0.4, -0.2) is 76.8 Å². The maximum Gasteiger partial charge on any atom is 0.410 e. The zero-order chi connectivity index (χ0) is 42.8. The first-order valence-electron chi connectivity index (χ1n) is 22.0. The van der Waals surface area contributed by atoms with E-state index in [0.717, 1.165) is 70.3 Å². The minimum absolute atomic E-state index is 0.0724. The van der Waals surface area contributed by atoms with E-state index < -0.39 is 23.8 Å². The molecule has 1 fully saturated rings. The van der Waals surface area contributed by atoms with Gasteiger partial charge in [0.05, 0.1) is 37.1 Å². The van der Waals surface area contributed by atoms with E-state index >= 15 is 0 Å². The Bertz CT molecular complexity index is 2180. The average Bonchev–Trinajstić information content (AvgIpc) is 3.27. The molecule has 3 aliphatic rings. The first-order chi connectivity index (χ1) is 29.8. The van der Waals surface area contributed by atoms with Crippen LogP contribution in [0.25, 0.3) is 10.8 Å². The zero-order valence-electron chi connectivity index (χ0n) is 35.8. The number of aliphatic hydroxyl groups is 2. The van der Waals surface area contributed by atoms with Gasteiger partial charge in [0.1, 0.15) is 30.8 Å². The van der Waals surface area contributed by atoms with Gasteiger partial charge in [0, 0.05) is 36.8 Å². The molecule has 2 aliphatic carbocycles. The number of fused-ring (bicyclic) bond motifs is 3. The lowest BCUT2D eigenvalue weighted by atomic mass is 9.55. The number of carbonyl (C=O) groups excluding carboxylic acids is 1. The van der Waals surface area contributed by atoms with Crippen LogP contribution in [0.2, 0.25) is 0 Å². The molecule has 1 aliphatic heterocycles. The van der Waals surface area contributed by atoms with Crippen molar-refractivity contribution in [1.82, 2.24) is 9.88 Å². The van der Waals surface area contributed by atoms with Gasteiger partial charge in [0.2, 0.25) is 5.79 Å². The van der Waals surface area contributed by atoms with Crippen LogP contribution in [0.3, 0.4) is 0 Å². The summed E-state index contributed by atoms with van der Waals surface area (Å²) >= 11 is 0. The molecule has 2 heterocycles. The second kappa shape index (κ2) is 20.6. The molecule has 61 heavy (non-hydrogen) atoms. The SMILES string of the molecule is C=CCOC12Oc3ccc(OCc4cccc(C)n4)cc3C3C(CCCCO)C(CCCCO)C=C(C(=NOCC)CC1N(Cc1cccc4ccccc14)C(=O)OCC)C32. The normalized spacial score (nSPS) is 23.3. The molecule has 2 N–H and O–H groups in total. The molecule has 1 saturated carbocycles. The van der Waals surface area contributed by atoms with Gasteiger partial charge in [0.15, 0.2) is 0 Å². The number of allylic oxidation sites excluding steroid dienone is 1. The number of ether oxygens (including phenoxy) is 4. The van der Waals surface area contributed by atoms with Gasteiger partial charge < -0.3 is 34.0 Å². The highest BCUT2D eigenvalue weighted by Gasteiger charge is 2.65. The number of pyridine rings is 1. The number of nitrogens with zero attached hydrogens (tertiary/aromatic N) is 3. The summed E-state index contributed by atoms with van der Waals surface area (Å²) in [5.74, 6) is -0.550. The average molecular weight is 832 g/mol. The van der Waals surface area contributed by atoms with Crippen molar-refractivity contribution in [2.45, 2.75) is 96.6 Å². The summed E-state index contributed by atoms with van der Waals surface area (Å²) in [6.07, 6.45) is 8.55. The van der Waals surface area contributed by atoms with Gasteiger partial charge in [-0.15, -0.1) is 6.58 Å². The highest BCUT2D eigenvalue weighted by atomic mass is 16.7. The summed E-state index contributed by atoms with van der Waals surface area (Å²) in [6, 6.07) is 25.5. The number of aryl methyl sites for hydroxylation is 1. The third kappa shape index (κ3) is 9.49. The lowest BCUT2D eigenvalue weighted by Crippen LogP contribution is -2.70. The molecule has 4 aromatic rings. The van der Waals surface area contributed by atoms with Crippen molar-refractivity contribution >= 4 is 22.6 Å². The Hall–Kier alpha value is -5.23. The van der Waals surface area contributed by atoms with Crippen molar-refractivity contribution < 1.29 is 38.8 Å². The van der Waals surface area contributed by atoms with E-state index in [-0.39, 0.29) is 57.1 Å². The Labute approximate surface area is 360 Å². The molecular weight excluding hydrogens is 771 g/mol. The van der Waals surface area contributed by atoms with E-state index in [0.29, 0.717) is 37.6 Å². The molecule has 7 rings (SSSR count).